The van der Waals surface area contributed by atoms with Crippen molar-refractivity contribution in [3.63, 3.8) is 0 Å². The van der Waals surface area contributed by atoms with Crippen molar-refractivity contribution in [1.29, 1.82) is 0 Å². The summed E-state index contributed by atoms with van der Waals surface area (Å²) in [5, 5.41) is 2.76. The summed E-state index contributed by atoms with van der Waals surface area (Å²) < 4.78 is 39.3. The van der Waals surface area contributed by atoms with Crippen molar-refractivity contribution >= 4 is 48.9 Å². The van der Waals surface area contributed by atoms with Gasteiger partial charge in [-0.3, -0.25) is 18.5 Å². The van der Waals surface area contributed by atoms with E-state index < -0.39 is 22.0 Å². The van der Waals surface area contributed by atoms with Crippen molar-refractivity contribution in [2.75, 3.05) is 30.1 Å². The van der Waals surface area contributed by atoms with Crippen LogP contribution in [-0.4, -0.2) is 45.4 Å². The number of nitrogens with one attached hydrogen (secondary N) is 1. The topological polar surface area (TPSA) is 107 Å². The Bertz CT molecular complexity index is 1340. The zero-order valence-electron chi connectivity index (χ0n) is 19.3. The molecule has 178 valence electrons. The van der Waals surface area contributed by atoms with E-state index in [4.69, 9.17) is 9.47 Å². The summed E-state index contributed by atoms with van der Waals surface area (Å²) in [7, 11) is -0.985. The molecule has 1 unspecified atom stereocenters. The van der Waals surface area contributed by atoms with Crippen LogP contribution in [0.1, 0.15) is 26.8 Å². The number of methoxy groups -OCH3 is 2. The van der Waals surface area contributed by atoms with Gasteiger partial charge in [-0.2, -0.15) is 0 Å². The SMILES string of the molecule is COc1ccc(OC)c(N(C(C)C(=O)Nc2ccc3c(c2)sc(=O)n3C(C)C)S(C)(=O)=O)c1. The summed E-state index contributed by atoms with van der Waals surface area (Å²) in [4.78, 5) is 25.3. The average Bonchev–Trinajstić information content (AvgIpc) is 3.07. The lowest BCUT2D eigenvalue weighted by Gasteiger charge is -2.29. The number of carbonyl (C=O) groups is 1. The third kappa shape index (κ3) is 4.98. The molecule has 3 rings (SSSR count). The van der Waals surface area contributed by atoms with E-state index in [1.54, 1.807) is 34.9 Å². The predicted octanol–water partition coefficient (Wildman–Crippen LogP) is 3.45. The Hall–Kier alpha value is -3.05. The highest BCUT2D eigenvalue weighted by Gasteiger charge is 2.32. The van der Waals surface area contributed by atoms with Crippen LogP contribution in [-0.2, 0) is 14.8 Å². The van der Waals surface area contributed by atoms with Crippen LogP contribution in [0.2, 0.25) is 0 Å². The molecule has 1 aromatic heterocycles. The molecule has 0 fully saturated rings. The molecule has 0 spiro atoms. The van der Waals surface area contributed by atoms with Gasteiger partial charge in [-0.25, -0.2) is 8.42 Å². The maximum atomic E-state index is 13.1. The molecule has 0 bridgehead atoms. The van der Waals surface area contributed by atoms with E-state index in [9.17, 15) is 18.0 Å². The van der Waals surface area contributed by atoms with Crippen LogP contribution in [0, 0.1) is 0 Å². The largest absolute Gasteiger partial charge is 0.497 e. The Morgan fingerprint density at radius 1 is 1.09 bits per heavy atom. The fraction of sp³-hybridized carbons (Fsp3) is 0.364. The monoisotopic (exact) mass is 493 g/mol. The number of rotatable bonds is 8. The molecule has 0 saturated heterocycles. The lowest BCUT2D eigenvalue weighted by atomic mass is 10.2. The van der Waals surface area contributed by atoms with Gasteiger partial charge in [0.2, 0.25) is 15.9 Å². The van der Waals surface area contributed by atoms with E-state index in [-0.39, 0.29) is 22.4 Å². The number of ether oxygens (including phenoxy) is 2. The second-order valence-electron chi connectivity index (χ2n) is 7.78. The molecule has 0 aliphatic rings. The van der Waals surface area contributed by atoms with E-state index in [0.29, 0.717) is 11.4 Å². The third-order valence-electron chi connectivity index (χ3n) is 5.11. The molecule has 0 aliphatic heterocycles. The van der Waals surface area contributed by atoms with Gasteiger partial charge in [0.15, 0.2) is 0 Å². The van der Waals surface area contributed by atoms with Crippen LogP contribution in [0.15, 0.2) is 41.2 Å². The van der Waals surface area contributed by atoms with Gasteiger partial charge in [0.1, 0.15) is 17.5 Å². The minimum atomic E-state index is -3.86. The highest BCUT2D eigenvalue weighted by atomic mass is 32.2. The Labute approximate surface area is 196 Å². The summed E-state index contributed by atoms with van der Waals surface area (Å²) in [6, 6.07) is 8.79. The van der Waals surface area contributed by atoms with Crippen molar-refractivity contribution in [2.24, 2.45) is 0 Å². The van der Waals surface area contributed by atoms with Gasteiger partial charge in [-0.15, -0.1) is 0 Å². The minimum Gasteiger partial charge on any atom is -0.497 e. The van der Waals surface area contributed by atoms with Crippen LogP contribution >= 0.6 is 11.3 Å². The molecule has 1 amide bonds. The van der Waals surface area contributed by atoms with Crippen molar-refractivity contribution in [3.05, 3.63) is 46.1 Å². The first-order chi connectivity index (χ1) is 15.5. The Morgan fingerprint density at radius 2 is 1.79 bits per heavy atom. The van der Waals surface area contributed by atoms with Crippen molar-refractivity contribution in [3.8, 4) is 11.5 Å². The zero-order chi connectivity index (χ0) is 24.5. The number of fused-ring (bicyclic) bond motifs is 1. The van der Waals surface area contributed by atoms with Crippen LogP contribution in [0.3, 0.4) is 0 Å². The Balaban J connectivity index is 1.96. The number of thiazole rings is 1. The van der Waals surface area contributed by atoms with Gasteiger partial charge < -0.3 is 14.8 Å². The summed E-state index contributed by atoms with van der Waals surface area (Å²) in [6.07, 6.45) is 1.02. The number of hydrogen-bond donors (Lipinski definition) is 1. The number of sulfonamides is 1. The van der Waals surface area contributed by atoms with Crippen LogP contribution in [0.4, 0.5) is 11.4 Å². The summed E-state index contributed by atoms with van der Waals surface area (Å²) in [5.74, 6) is 0.157. The summed E-state index contributed by atoms with van der Waals surface area (Å²) in [5.41, 5.74) is 1.43. The zero-order valence-corrected chi connectivity index (χ0v) is 20.9. The van der Waals surface area contributed by atoms with Crippen LogP contribution < -0.4 is 24.0 Å². The molecule has 0 saturated carbocycles. The second-order valence-corrected chi connectivity index (χ2v) is 10.6. The smallest absolute Gasteiger partial charge is 0.308 e. The van der Waals surface area contributed by atoms with Crippen molar-refractivity contribution < 1.29 is 22.7 Å². The molecule has 3 aromatic rings. The fourth-order valence-electron chi connectivity index (χ4n) is 3.60. The molecule has 1 heterocycles. The predicted molar refractivity (Wildman–Crippen MR) is 131 cm³/mol. The lowest BCUT2D eigenvalue weighted by molar-refractivity contribution is -0.116. The first-order valence-electron chi connectivity index (χ1n) is 10.1. The van der Waals surface area contributed by atoms with Gasteiger partial charge in [0.25, 0.3) is 0 Å². The normalized spacial score (nSPS) is 12.6. The number of nitrogens with zero attached hydrogens (tertiary/aromatic N) is 2. The molecule has 11 heteroatoms. The summed E-state index contributed by atoms with van der Waals surface area (Å²) in [6.45, 7) is 5.34. The van der Waals surface area contributed by atoms with E-state index >= 15 is 0 Å². The number of aromatic nitrogens is 1. The fourth-order valence-corrected chi connectivity index (χ4v) is 5.82. The molecule has 2 aromatic carbocycles. The quantitative estimate of drug-likeness (QED) is 0.515. The molecular formula is C22H27N3O6S2. The van der Waals surface area contributed by atoms with E-state index in [2.05, 4.69) is 5.32 Å². The molecule has 1 N–H and O–H groups in total. The van der Waals surface area contributed by atoms with E-state index in [0.717, 1.165) is 32.1 Å². The highest BCUT2D eigenvalue weighted by molar-refractivity contribution is 7.92. The second kappa shape index (κ2) is 9.44. The molecule has 33 heavy (non-hydrogen) atoms. The van der Waals surface area contributed by atoms with Gasteiger partial charge in [-0.1, -0.05) is 11.3 Å². The van der Waals surface area contributed by atoms with E-state index in [1.807, 2.05) is 13.8 Å². The van der Waals surface area contributed by atoms with Gasteiger partial charge in [0, 0.05) is 17.8 Å². The van der Waals surface area contributed by atoms with Gasteiger partial charge in [0.05, 0.1) is 36.4 Å². The van der Waals surface area contributed by atoms with E-state index in [1.165, 1.54) is 27.2 Å². The Morgan fingerprint density at radius 3 is 2.36 bits per heavy atom. The van der Waals surface area contributed by atoms with Crippen LogP contribution in [0.5, 0.6) is 11.5 Å². The number of hydrogen-bond acceptors (Lipinski definition) is 7. The number of amides is 1. The van der Waals surface area contributed by atoms with Gasteiger partial charge >= 0.3 is 4.87 Å². The molecule has 0 aliphatic carbocycles. The highest BCUT2D eigenvalue weighted by Crippen LogP contribution is 2.35. The molecule has 9 nitrogen and oxygen atoms in total. The maximum Gasteiger partial charge on any atom is 0.308 e. The molecular weight excluding hydrogens is 466 g/mol. The lowest BCUT2D eigenvalue weighted by Crippen LogP contribution is -2.45. The first-order valence-corrected chi connectivity index (χ1v) is 12.8. The standard InChI is InChI=1S/C22H27N3O6S2/c1-13(2)24-17-9-7-15(11-20(17)32-22(24)27)23-21(26)14(3)25(33(6,28)29)18-12-16(30-4)8-10-19(18)31-5/h7-14H,1-6H3,(H,23,26). The van der Waals surface area contributed by atoms with Crippen molar-refractivity contribution in [1.82, 2.24) is 4.57 Å². The minimum absolute atomic E-state index is 0.00729. The van der Waals surface area contributed by atoms with Crippen molar-refractivity contribution in [2.45, 2.75) is 32.9 Å². The number of benzene rings is 2. The number of carbonyl (C=O) groups excluding carboxylic acids is 1. The number of anilines is 2. The molecule has 0 radical (unpaired) electrons. The third-order valence-corrected chi connectivity index (χ3v) is 7.25. The average molecular weight is 494 g/mol. The van der Waals surface area contributed by atoms with Crippen LogP contribution in [0.25, 0.3) is 10.2 Å². The maximum absolute atomic E-state index is 13.1. The van der Waals surface area contributed by atoms with Gasteiger partial charge in [-0.05, 0) is 51.1 Å². The first kappa shape index (κ1) is 24.6. The summed E-state index contributed by atoms with van der Waals surface area (Å²) >= 11 is 1.09. The molecule has 1 atom stereocenters. The Kier molecular flexibility index (Phi) is 7.03.